The molecule has 0 aliphatic carbocycles. The molecule has 1 unspecified atom stereocenters. The van der Waals surface area contributed by atoms with Gasteiger partial charge >= 0.3 is 0 Å². The summed E-state index contributed by atoms with van der Waals surface area (Å²) in [6.45, 7) is 2.58. The van der Waals surface area contributed by atoms with Gasteiger partial charge in [0.05, 0.1) is 0 Å². The van der Waals surface area contributed by atoms with Crippen molar-refractivity contribution in [2.45, 2.75) is 12.8 Å². The molecule has 6 nitrogen and oxygen atoms in total. The monoisotopic (exact) mass is 245 g/mol. The fourth-order valence-corrected chi connectivity index (χ4v) is 1.61. The van der Waals surface area contributed by atoms with Gasteiger partial charge in [-0.15, -0.1) is 5.10 Å². The number of hydrogen-bond acceptors (Lipinski definition) is 4. The maximum Gasteiger partial charge on any atom is 0.288 e. The van der Waals surface area contributed by atoms with Crippen molar-refractivity contribution >= 4 is 11.9 Å². The molecule has 1 atom stereocenters. The van der Waals surface area contributed by atoms with Gasteiger partial charge < -0.3 is 11.1 Å². The molecule has 1 aromatic heterocycles. The minimum atomic E-state index is -0.304. The molecule has 0 spiro atoms. The van der Waals surface area contributed by atoms with E-state index in [-0.39, 0.29) is 23.6 Å². The molecule has 1 aromatic carbocycles. The fourth-order valence-electron chi connectivity index (χ4n) is 1.61. The number of aromatic nitrogens is 3. The van der Waals surface area contributed by atoms with E-state index in [0.717, 1.165) is 0 Å². The molecule has 2 rings (SSSR count). The summed E-state index contributed by atoms with van der Waals surface area (Å²) in [5.41, 5.74) is 6.51. The first kappa shape index (κ1) is 12.1. The number of nitrogen functional groups attached to an aromatic ring is 1. The van der Waals surface area contributed by atoms with E-state index in [4.69, 9.17) is 5.73 Å². The summed E-state index contributed by atoms with van der Waals surface area (Å²) in [6, 6.07) is 9.98. The van der Waals surface area contributed by atoms with Gasteiger partial charge in [-0.25, -0.2) is 0 Å². The summed E-state index contributed by atoms with van der Waals surface area (Å²) in [7, 11) is 0. The molecule has 1 heterocycles. The lowest BCUT2D eigenvalue weighted by molar-refractivity contribution is 0.0941. The number of rotatable bonds is 4. The topological polar surface area (TPSA) is 96.7 Å². The third-order valence-corrected chi connectivity index (χ3v) is 2.66. The van der Waals surface area contributed by atoms with E-state index >= 15 is 0 Å². The second-order valence-electron chi connectivity index (χ2n) is 4.06. The first-order chi connectivity index (χ1) is 8.66. The number of amides is 1. The molecular weight excluding hydrogens is 230 g/mol. The lowest BCUT2D eigenvalue weighted by atomic mass is 10.0. The smallest absolute Gasteiger partial charge is 0.288 e. The Morgan fingerprint density at radius 2 is 2.17 bits per heavy atom. The first-order valence-electron chi connectivity index (χ1n) is 5.68. The average molecular weight is 245 g/mol. The Bertz CT molecular complexity index is 522. The Balaban J connectivity index is 1.90. The summed E-state index contributed by atoms with van der Waals surface area (Å²) in [5.74, 6) is 0.126. The van der Waals surface area contributed by atoms with Crippen molar-refractivity contribution in [3.63, 3.8) is 0 Å². The van der Waals surface area contributed by atoms with Crippen molar-refractivity contribution < 1.29 is 4.79 Å². The molecule has 0 radical (unpaired) electrons. The van der Waals surface area contributed by atoms with Crippen LogP contribution >= 0.6 is 0 Å². The Labute approximate surface area is 105 Å². The Kier molecular flexibility index (Phi) is 3.57. The molecule has 0 bridgehead atoms. The standard InChI is InChI=1S/C12H15N5O/c1-8(9-5-3-2-4-6-9)7-14-11(18)10-15-12(13)17-16-10/h2-6,8H,7H2,1H3,(H,14,18)(H3,13,15,16,17). The number of carbonyl (C=O) groups excluding carboxylic acids is 1. The van der Waals surface area contributed by atoms with Crippen molar-refractivity contribution in [1.29, 1.82) is 0 Å². The van der Waals surface area contributed by atoms with Crippen LogP contribution in [-0.2, 0) is 0 Å². The van der Waals surface area contributed by atoms with Gasteiger partial charge in [-0.2, -0.15) is 4.98 Å². The molecule has 0 aliphatic rings. The zero-order chi connectivity index (χ0) is 13.0. The highest BCUT2D eigenvalue weighted by Crippen LogP contribution is 2.13. The van der Waals surface area contributed by atoms with E-state index in [2.05, 4.69) is 20.5 Å². The fraction of sp³-hybridized carbons (Fsp3) is 0.250. The normalized spacial score (nSPS) is 12.1. The third-order valence-electron chi connectivity index (χ3n) is 2.66. The number of carbonyl (C=O) groups is 1. The maximum atomic E-state index is 11.7. The van der Waals surface area contributed by atoms with Gasteiger partial charge in [0.1, 0.15) is 0 Å². The van der Waals surface area contributed by atoms with E-state index in [0.29, 0.717) is 6.54 Å². The summed E-state index contributed by atoms with van der Waals surface area (Å²) in [5, 5.41) is 8.86. The van der Waals surface area contributed by atoms with Crippen molar-refractivity contribution in [2.75, 3.05) is 12.3 Å². The zero-order valence-corrected chi connectivity index (χ0v) is 10.1. The molecule has 94 valence electrons. The third kappa shape index (κ3) is 2.85. The van der Waals surface area contributed by atoms with Gasteiger partial charge in [-0.05, 0) is 11.5 Å². The van der Waals surface area contributed by atoms with E-state index in [9.17, 15) is 4.79 Å². The lowest BCUT2D eigenvalue weighted by Crippen LogP contribution is -2.28. The van der Waals surface area contributed by atoms with Crippen LogP contribution in [0.2, 0.25) is 0 Å². The van der Waals surface area contributed by atoms with Crippen LogP contribution in [0.15, 0.2) is 30.3 Å². The molecule has 2 aromatic rings. The van der Waals surface area contributed by atoms with Crippen LogP contribution in [0.5, 0.6) is 0 Å². The number of benzene rings is 1. The molecule has 6 heteroatoms. The van der Waals surface area contributed by atoms with E-state index < -0.39 is 0 Å². The number of nitrogens with zero attached hydrogens (tertiary/aromatic N) is 2. The largest absolute Gasteiger partial charge is 0.366 e. The highest BCUT2D eigenvalue weighted by molar-refractivity contribution is 5.90. The lowest BCUT2D eigenvalue weighted by Gasteiger charge is -2.12. The van der Waals surface area contributed by atoms with Gasteiger partial charge in [-0.3, -0.25) is 9.89 Å². The van der Waals surface area contributed by atoms with Crippen LogP contribution in [-0.4, -0.2) is 27.6 Å². The molecule has 18 heavy (non-hydrogen) atoms. The van der Waals surface area contributed by atoms with E-state index in [1.807, 2.05) is 37.3 Å². The number of nitrogens with one attached hydrogen (secondary N) is 2. The molecule has 0 saturated heterocycles. The van der Waals surface area contributed by atoms with Crippen molar-refractivity contribution in [3.05, 3.63) is 41.7 Å². The summed E-state index contributed by atoms with van der Waals surface area (Å²) in [6.07, 6.45) is 0. The number of nitrogens with two attached hydrogens (primary N) is 1. The van der Waals surface area contributed by atoms with Crippen LogP contribution in [0.1, 0.15) is 29.0 Å². The molecule has 0 fully saturated rings. The highest BCUT2D eigenvalue weighted by atomic mass is 16.2. The minimum Gasteiger partial charge on any atom is -0.366 e. The quantitative estimate of drug-likeness (QED) is 0.746. The summed E-state index contributed by atoms with van der Waals surface area (Å²) >= 11 is 0. The van der Waals surface area contributed by atoms with Crippen LogP contribution in [0.25, 0.3) is 0 Å². The van der Waals surface area contributed by atoms with Crippen LogP contribution in [0.3, 0.4) is 0 Å². The SMILES string of the molecule is CC(CNC(=O)c1nc(N)n[nH]1)c1ccccc1. The van der Waals surface area contributed by atoms with Crippen LogP contribution < -0.4 is 11.1 Å². The van der Waals surface area contributed by atoms with E-state index in [1.165, 1.54) is 5.56 Å². The molecule has 0 aliphatic heterocycles. The predicted molar refractivity (Wildman–Crippen MR) is 68.0 cm³/mol. The number of hydrogen-bond donors (Lipinski definition) is 3. The zero-order valence-electron chi connectivity index (χ0n) is 10.1. The average Bonchev–Trinajstić information content (AvgIpc) is 2.83. The van der Waals surface area contributed by atoms with Gasteiger partial charge in [-0.1, -0.05) is 37.3 Å². The minimum absolute atomic E-state index is 0.0660. The van der Waals surface area contributed by atoms with E-state index in [1.54, 1.807) is 0 Å². The summed E-state index contributed by atoms with van der Waals surface area (Å²) < 4.78 is 0. The highest BCUT2D eigenvalue weighted by Gasteiger charge is 2.12. The van der Waals surface area contributed by atoms with Gasteiger partial charge in [0.2, 0.25) is 11.8 Å². The number of anilines is 1. The maximum absolute atomic E-state index is 11.7. The second kappa shape index (κ2) is 5.31. The van der Waals surface area contributed by atoms with Gasteiger partial charge in [0, 0.05) is 6.54 Å². The second-order valence-corrected chi connectivity index (χ2v) is 4.06. The molecule has 1 amide bonds. The van der Waals surface area contributed by atoms with Crippen molar-refractivity contribution in [2.24, 2.45) is 0 Å². The Morgan fingerprint density at radius 1 is 1.44 bits per heavy atom. The van der Waals surface area contributed by atoms with Crippen LogP contribution in [0, 0.1) is 0 Å². The summed E-state index contributed by atoms with van der Waals surface area (Å²) in [4.78, 5) is 15.5. The molecule has 0 saturated carbocycles. The predicted octanol–water partition coefficient (Wildman–Crippen LogP) is 0.920. The molecular formula is C12H15N5O. The van der Waals surface area contributed by atoms with Gasteiger partial charge in [0.25, 0.3) is 5.91 Å². The van der Waals surface area contributed by atoms with Crippen molar-refractivity contribution in [1.82, 2.24) is 20.5 Å². The molecule has 4 N–H and O–H groups in total. The van der Waals surface area contributed by atoms with Gasteiger partial charge in [0.15, 0.2) is 0 Å². The Hall–Kier alpha value is -2.37. The first-order valence-corrected chi connectivity index (χ1v) is 5.68. The van der Waals surface area contributed by atoms with Crippen LogP contribution in [0.4, 0.5) is 5.95 Å². The van der Waals surface area contributed by atoms with Crippen molar-refractivity contribution in [3.8, 4) is 0 Å². The Morgan fingerprint density at radius 3 is 2.78 bits per heavy atom. The number of aromatic amines is 1. The number of H-pyrrole nitrogens is 1.